The molecule has 0 spiro atoms. The fourth-order valence-electron chi connectivity index (χ4n) is 4.97. The van der Waals surface area contributed by atoms with E-state index in [9.17, 15) is 9.59 Å². The Morgan fingerprint density at radius 2 is 1.74 bits per heavy atom. The highest BCUT2D eigenvalue weighted by Gasteiger charge is 2.39. The average molecular weight is 539 g/mol. The number of nitrogens with one attached hydrogen (secondary N) is 1. The molecule has 1 aromatic heterocycles. The van der Waals surface area contributed by atoms with Gasteiger partial charge in [0.05, 0.1) is 29.5 Å². The van der Waals surface area contributed by atoms with Crippen LogP contribution in [0.4, 0.5) is 5.82 Å². The van der Waals surface area contributed by atoms with Crippen LogP contribution in [-0.2, 0) is 9.59 Å². The Balaban J connectivity index is 1.61. The van der Waals surface area contributed by atoms with Crippen LogP contribution in [0.15, 0.2) is 78.9 Å². The molecule has 1 N–H and O–H groups in total. The molecule has 1 saturated carbocycles. The number of aromatic nitrogens is 2. The minimum atomic E-state index is -0.244. The van der Waals surface area contributed by atoms with Gasteiger partial charge < -0.3 is 10.1 Å². The van der Waals surface area contributed by atoms with E-state index in [0.717, 1.165) is 52.2 Å². The van der Waals surface area contributed by atoms with E-state index in [4.69, 9.17) is 9.84 Å². The highest BCUT2D eigenvalue weighted by atomic mass is 32.2. The molecule has 1 aliphatic heterocycles. The summed E-state index contributed by atoms with van der Waals surface area (Å²) in [5.74, 6) is 1.30. The molecule has 0 unspecified atom stereocenters. The summed E-state index contributed by atoms with van der Waals surface area (Å²) in [4.78, 5) is 28.5. The summed E-state index contributed by atoms with van der Waals surface area (Å²) in [5.41, 5.74) is 5.52. The number of fused-ring (bicyclic) bond motifs is 1. The van der Waals surface area contributed by atoms with Crippen molar-refractivity contribution in [3.05, 3.63) is 95.6 Å². The van der Waals surface area contributed by atoms with Gasteiger partial charge in [0.2, 0.25) is 11.8 Å². The van der Waals surface area contributed by atoms with Gasteiger partial charge in [-0.15, -0.1) is 11.8 Å². The number of amides is 2. The highest BCUT2D eigenvalue weighted by molar-refractivity contribution is 8.00. The molecular formula is C31H30N4O3S. The molecule has 3 aromatic carbocycles. The number of aryl methyl sites for hydroxylation is 1. The van der Waals surface area contributed by atoms with Crippen LogP contribution in [-0.4, -0.2) is 47.0 Å². The van der Waals surface area contributed by atoms with Gasteiger partial charge in [0.15, 0.2) is 0 Å². The average Bonchev–Trinajstić information content (AvgIpc) is 3.71. The van der Waals surface area contributed by atoms with Crippen LogP contribution in [0.25, 0.3) is 16.9 Å². The summed E-state index contributed by atoms with van der Waals surface area (Å²) in [7, 11) is 1.66. The number of para-hydroxylation sites is 1. The Morgan fingerprint density at radius 3 is 2.46 bits per heavy atom. The van der Waals surface area contributed by atoms with Gasteiger partial charge in [-0.25, -0.2) is 4.68 Å². The summed E-state index contributed by atoms with van der Waals surface area (Å²) in [5, 5.41) is 7.94. The molecule has 198 valence electrons. The van der Waals surface area contributed by atoms with Crippen LogP contribution in [0.2, 0.25) is 0 Å². The van der Waals surface area contributed by atoms with Crippen LogP contribution < -0.4 is 15.0 Å². The number of rotatable bonds is 7. The molecule has 8 heteroatoms. The van der Waals surface area contributed by atoms with E-state index in [1.807, 2.05) is 90.5 Å². The molecule has 2 aliphatic rings. The predicted octanol–water partition coefficient (Wildman–Crippen LogP) is 5.30. The Hall–Kier alpha value is -4.04. The van der Waals surface area contributed by atoms with E-state index < -0.39 is 0 Å². The zero-order valence-electron chi connectivity index (χ0n) is 22.0. The maximum absolute atomic E-state index is 13.8. The van der Waals surface area contributed by atoms with Gasteiger partial charge in [-0.2, -0.15) is 5.10 Å². The minimum Gasteiger partial charge on any atom is -0.496 e. The molecule has 6 rings (SSSR count). The second-order valence-corrected chi connectivity index (χ2v) is 11.0. The quantitative estimate of drug-likeness (QED) is 0.345. The van der Waals surface area contributed by atoms with E-state index in [2.05, 4.69) is 5.32 Å². The van der Waals surface area contributed by atoms with Crippen LogP contribution >= 0.6 is 11.8 Å². The van der Waals surface area contributed by atoms with E-state index in [1.54, 1.807) is 12.0 Å². The van der Waals surface area contributed by atoms with Gasteiger partial charge in [-0.3, -0.25) is 14.5 Å². The van der Waals surface area contributed by atoms with Crippen molar-refractivity contribution in [3.63, 3.8) is 0 Å². The Kier molecular flexibility index (Phi) is 6.87. The summed E-state index contributed by atoms with van der Waals surface area (Å²) in [6.07, 6.45) is 1.96. The first-order valence-electron chi connectivity index (χ1n) is 13.1. The molecule has 1 fully saturated rings. The van der Waals surface area contributed by atoms with Crippen molar-refractivity contribution in [1.29, 1.82) is 0 Å². The molecule has 39 heavy (non-hydrogen) atoms. The lowest BCUT2D eigenvalue weighted by Gasteiger charge is -2.23. The van der Waals surface area contributed by atoms with Crippen LogP contribution in [0.3, 0.4) is 0 Å². The zero-order chi connectivity index (χ0) is 26.9. The van der Waals surface area contributed by atoms with E-state index in [1.165, 1.54) is 11.8 Å². The number of hydrogen-bond acceptors (Lipinski definition) is 5. The first-order chi connectivity index (χ1) is 19.0. The van der Waals surface area contributed by atoms with Gasteiger partial charge in [0, 0.05) is 22.7 Å². The van der Waals surface area contributed by atoms with E-state index >= 15 is 0 Å². The summed E-state index contributed by atoms with van der Waals surface area (Å²) in [6, 6.07) is 26.2. The molecule has 1 atom stereocenters. The first kappa shape index (κ1) is 25.2. The lowest BCUT2D eigenvalue weighted by molar-refractivity contribution is -0.123. The SMILES string of the molecule is COc1ccccc1[C@@H]1SCC(=O)N(CC(=O)NC2CC2)c2c1c(-c1ccccc1)nn2-c1ccc(C)cc1. The second-order valence-electron chi connectivity index (χ2n) is 9.95. The first-order valence-corrected chi connectivity index (χ1v) is 14.2. The topological polar surface area (TPSA) is 76.5 Å². The van der Waals surface area contributed by atoms with Crippen molar-refractivity contribution in [2.24, 2.45) is 0 Å². The second kappa shape index (κ2) is 10.6. The summed E-state index contributed by atoms with van der Waals surface area (Å²) >= 11 is 1.54. The molecule has 2 amide bonds. The molecule has 7 nitrogen and oxygen atoms in total. The van der Waals surface area contributed by atoms with Crippen LogP contribution in [0.1, 0.15) is 34.8 Å². The molecule has 0 bridgehead atoms. The van der Waals surface area contributed by atoms with Crippen molar-refractivity contribution in [2.45, 2.75) is 31.1 Å². The van der Waals surface area contributed by atoms with Crippen LogP contribution in [0, 0.1) is 6.92 Å². The number of carbonyl (C=O) groups is 2. The van der Waals surface area contributed by atoms with Crippen molar-refractivity contribution in [3.8, 4) is 22.7 Å². The third-order valence-electron chi connectivity index (χ3n) is 7.08. The number of anilines is 1. The molecule has 0 saturated heterocycles. The highest BCUT2D eigenvalue weighted by Crippen LogP contribution is 2.50. The Morgan fingerprint density at radius 1 is 1.03 bits per heavy atom. The van der Waals surface area contributed by atoms with Gasteiger partial charge in [0.25, 0.3) is 0 Å². The van der Waals surface area contributed by atoms with Gasteiger partial charge in [0.1, 0.15) is 18.1 Å². The molecular weight excluding hydrogens is 508 g/mol. The number of ether oxygens (including phenoxy) is 1. The van der Waals surface area contributed by atoms with Crippen molar-refractivity contribution in [1.82, 2.24) is 15.1 Å². The molecule has 4 aromatic rings. The zero-order valence-corrected chi connectivity index (χ0v) is 22.8. The fourth-order valence-corrected chi connectivity index (χ4v) is 6.19. The Labute approximate surface area is 232 Å². The third-order valence-corrected chi connectivity index (χ3v) is 8.32. The Bertz CT molecular complexity index is 1510. The molecule has 0 radical (unpaired) electrons. The molecule has 1 aliphatic carbocycles. The summed E-state index contributed by atoms with van der Waals surface area (Å²) < 4.78 is 7.60. The normalized spacial score (nSPS) is 16.9. The molecule has 2 heterocycles. The number of nitrogens with zero attached hydrogens (tertiary/aromatic N) is 3. The van der Waals surface area contributed by atoms with Crippen molar-refractivity contribution < 1.29 is 14.3 Å². The smallest absolute Gasteiger partial charge is 0.240 e. The standard InChI is InChI=1S/C31H30N4O3S/c1-20-12-16-23(17-13-20)35-31-28(29(33-35)21-8-4-3-5-9-21)30(24-10-6-7-11-25(24)38-2)39-19-27(37)34(31)18-26(36)32-22-14-15-22/h3-13,16-17,22,30H,14-15,18-19H2,1-2H3,(H,32,36)/t30-/m0/s1. The van der Waals surface area contributed by atoms with Gasteiger partial charge in [-0.1, -0.05) is 66.2 Å². The predicted molar refractivity (Wildman–Crippen MR) is 155 cm³/mol. The minimum absolute atomic E-state index is 0.0622. The number of thioether (sulfide) groups is 1. The number of hydrogen-bond donors (Lipinski definition) is 1. The lowest BCUT2D eigenvalue weighted by Crippen LogP contribution is -2.43. The summed E-state index contributed by atoms with van der Waals surface area (Å²) in [6.45, 7) is 1.97. The van der Waals surface area contributed by atoms with Gasteiger partial charge in [-0.05, 0) is 38.0 Å². The van der Waals surface area contributed by atoms with E-state index in [0.29, 0.717) is 5.82 Å². The number of benzene rings is 3. The maximum Gasteiger partial charge on any atom is 0.240 e. The largest absolute Gasteiger partial charge is 0.496 e. The monoisotopic (exact) mass is 538 g/mol. The fraction of sp³-hybridized carbons (Fsp3) is 0.258. The number of methoxy groups -OCH3 is 1. The van der Waals surface area contributed by atoms with Crippen LogP contribution in [0.5, 0.6) is 5.75 Å². The van der Waals surface area contributed by atoms with Crippen molar-refractivity contribution >= 4 is 29.4 Å². The van der Waals surface area contributed by atoms with Gasteiger partial charge >= 0.3 is 0 Å². The third kappa shape index (κ3) is 5.04. The number of carbonyl (C=O) groups excluding carboxylic acids is 2. The van der Waals surface area contributed by atoms with Crippen molar-refractivity contribution in [2.75, 3.05) is 24.3 Å². The van der Waals surface area contributed by atoms with E-state index in [-0.39, 0.29) is 35.4 Å². The lowest BCUT2D eigenvalue weighted by atomic mass is 9.99. The maximum atomic E-state index is 13.8.